The van der Waals surface area contributed by atoms with Gasteiger partial charge in [0.15, 0.2) is 5.65 Å². The Kier molecular flexibility index (Phi) is 4.58. The summed E-state index contributed by atoms with van der Waals surface area (Å²) >= 11 is 0. The van der Waals surface area contributed by atoms with Crippen LogP contribution in [0.3, 0.4) is 0 Å². The third-order valence-corrected chi connectivity index (χ3v) is 5.13. The first kappa shape index (κ1) is 17.6. The molecule has 0 aliphatic carbocycles. The van der Waals surface area contributed by atoms with Gasteiger partial charge >= 0.3 is 0 Å². The smallest absolute Gasteiger partial charge is 0.160 e. The number of hydrogen-bond donors (Lipinski definition) is 0. The molecule has 0 saturated heterocycles. The van der Waals surface area contributed by atoms with Gasteiger partial charge in [-0.1, -0.05) is 42.5 Å². The fourth-order valence-electron chi connectivity index (χ4n) is 3.69. The van der Waals surface area contributed by atoms with Gasteiger partial charge in [-0.05, 0) is 35.9 Å². The van der Waals surface area contributed by atoms with Crippen molar-refractivity contribution in [3.8, 4) is 5.75 Å². The summed E-state index contributed by atoms with van der Waals surface area (Å²) in [5, 5.41) is 1.04. The van der Waals surface area contributed by atoms with Crippen LogP contribution in [0.1, 0.15) is 5.56 Å². The SMILES string of the molecule is COc1ccc2c(c1)c1nc3ccccc3nc1n2CCOCc1ccccc1. The van der Waals surface area contributed by atoms with E-state index < -0.39 is 0 Å². The fourth-order valence-corrected chi connectivity index (χ4v) is 3.69. The van der Waals surface area contributed by atoms with Crippen molar-refractivity contribution in [3.05, 3.63) is 78.4 Å². The minimum absolute atomic E-state index is 0.592. The van der Waals surface area contributed by atoms with Crippen LogP contribution in [0.15, 0.2) is 72.8 Å². The predicted octanol–water partition coefficient (Wildman–Crippen LogP) is 4.96. The highest BCUT2D eigenvalue weighted by atomic mass is 16.5. The Bertz CT molecular complexity index is 1300. The lowest BCUT2D eigenvalue weighted by molar-refractivity contribution is 0.114. The number of methoxy groups -OCH3 is 1. The van der Waals surface area contributed by atoms with Gasteiger partial charge in [0.25, 0.3) is 0 Å². The molecule has 5 rings (SSSR count). The zero-order valence-corrected chi connectivity index (χ0v) is 16.2. The van der Waals surface area contributed by atoms with Gasteiger partial charge in [-0.25, -0.2) is 9.97 Å². The number of fused-ring (bicyclic) bond motifs is 4. The third kappa shape index (κ3) is 3.30. The summed E-state index contributed by atoms with van der Waals surface area (Å²) in [4.78, 5) is 9.81. The second-order valence-electron chi connectivity index (χ2n) is 6.96. The molecular weight excluding hydrogens is 362 g/mol. The van der Waals surface area contributed by atoms with E-state index in [-0.39, 0.29) is 0 Å². The number of rotatable bonds is 6. The lowest BCUT2D eigenvalue weighted by atomic mass is 10.2. The quantitative estimate of drug-likeness (QED) is 0.389. The average molecular weight is 383 g/mol. The molecule has 0 saturated carbocycles. The second-order valence-corrected chi connectivity index (χ2v) is 6.96. The Hall–Kier alpha value is -3.44. The van der Waals surface area contributed by atoms with Crippen molar-refractivity contribution in [1.29, 1.82) is 0 Å². The van der Waals surface area contributed by atoms with Gasteiger partial charge in [0.2, 0.25) is 0 Å². The van der Waals surface area contributed by atoms with Crippen molar-refractivity contribution in [2.45, 2.75) is 13.2 Å². The first-order chi connectivity index (χ1) is 14.3. The molecule has 0 amide bonds. The maximum Gasteiger partial charge on any atom is 0.160 e. The summed E-state index contributed by atoms with van der Waals surface area (Å²) in [7, 11) is 1.68. The van der Waals surface area contributed by atoms with E-state index in [4.69, 9.17) is 19.4 Å². The highest BCUT2D eigenvalue weighted by Gasteiger charge is 2.15. The zero-order valence-electron chi connectivity index (χ0n) is 16.2. The first-order valence-electron chi connectivity index (χ1n) is 9.68. The molecule has 0 spiro atoms. The normalized spacial score (nSPS) is 11.5. The molecule has 0 fully saturated rings. The number of nitrogens with zero attached hydrogens (tertiary/aromatic N) is 3. The predicted molar refractivity (Wildman–Crippen MR) is 115 cm³/mol. The van der Waals surface area contributed by atoms with E-state index in [0.717, 1.165) is 38.8 Å². The second kappa shape index (κ2) is 7.53. The summed E-state index contributed by atoms with van der Waals surface area (Å²) in [5.74, 6) is 0.812. The van der Waals surface area contributed by atoms with Crippen molar-refractivity contribution in [2.24, 2.45) is 0 Å². The van der Waals surface area contributed by atoms with Crippen LogP contribution in [-0.4, -0.2) is 28.3 Å². The van der Waals surface area contributed by atoms with Crippen molar-refractivity contribution < 1.29 is 9.47 Å². The van der Waals surface area contributed by atoms with E-state index >= 15 is 0 Å². The number of hydrogen-bond acceptors (Lipinski definition) is 4. The average Bonchev–Trinajstić information content (AvgIpc) is 3.07. The molecule has 3 aromatic carbocycles. The van der Waals surface area contributed by atoms with Crippen molar-refractivity contribution in [1.82, 2.24) is 14.5 Å². The number of aromatic nitrogens is 3. The van der Waals surface area contributed by atoms with Crippen molar-refractivity contribution in [2.75, 3.05) is 13.7 Å². The van der Waals surface area contributed by atoms with E-state index in [1.54, 1.807) is 7.11 Å². The Balaban J connectivity index is 1.54. The first-order valence-corrected chi connectivity index (χ1v) is 9.68. The standard InChI is InChI=1S/C24H21N3O2/c1-28-18-11-12-22-19(15-18)23-24(26-21-10-6-5-9-20(21)25-23)27(22)13-14-29-16-17-7-3-2-4-8-17/h2-12,15H,13-14,16H2,1H3. The molecule has 2 heterocycles. The Labute approximate surface area is 168 Å². The molecule has 144 valence electrons. The van der Waals surface area contributed by atoms with Gasteiger partial charge in [0, 0.05) is 11.9 Å². The fraction of sp³-hybridized carbons (Fsp3) is 0.167. The minimum atomic E-state index is 0.592. The molecule has 29 heavy (non-hydrogen) atoms. The van der Waals surface area contributed by atoms with Crippen LogP contribution in [-0.2, 0) is 17.9 Å². The van der Waals surface area contributed by atoms with Crippen LogP contribution in [0.25, 0.3) is 33.1 Å². The maximum atomic E-state index is 5.93. The van der Waals surface area contributed by atoms with Crippen LogP contribution >= 0.6 is 0 Å². The van der Waals surface area contributed by atoms with E-state index in [1.165, 1.54) is 5.56 Å². The number of para-hydroxylation sites is 2. The molecule has 5 heteroatoms. The minimum Gasteiger partial charge on any atom is -0.497 e. The molecule has 0 aliphatic rings. The van der Waals surface area contributed by atoms with E-state index in [2.05, 4.69) is 22.8 Å². The van der Waals surface area contributed by atoms with Crippen LogP contribution < -0.4 is 4.74 Å². The Morgan fingerprint density at radius 1 is 0.862 bits per heavy atom. The van der Waals surface area contributed by atoms with E-state index in [9.17, 15) is 0 Å². The summed E-state index contributed by atoms with van der Waals surface area (Å²) in [6, 6.07) is 24.3. The molecule has 0 N–H and O–H groups in total. The van der Waals surface area contributed by atoms with Crippen LogP contribution in [0.4, 0.5) is 0 Å². The highest BCUT2D eigenvalue weighted by Crippen LogP contribution is 2.31. The molecule has 0 atom stereocenters. The maximum absolute atomic E-state index is 5.93. The van der Waals surface area contributed by atoms with Crippen molar-refractivity contribution >= 4 is 33.1 Å². The lowest BCUT2D eigenvalue weighted by Gasteiger charge is -2.08. The van der Waals surface area contributed by atoms with Gasteiger partial charge in [0.05, 0.1) is 36.9 Å². The summed E-state index contributed by atoms with van der Waals surface area (Å²) in [6.07, 6.45) is 0. The van der Waals surface area contributed by atoms with E-state index in [0.29, 0.717) is 19.8 Å². The molecule has 2 aromatic heterocycles. The third-order valence-electron chi connectivity index (χ3n) is 5.13. The molecule has 5 nitrogen and oxygen atoms in total. The van der Waals surface area contributed by atoms with Crippen LogP contribution in [0.5, 0.6) is 5.75 Å². The van der Waals surface area contributed by atoms with Gasteiger partial charge in [0.1, 0.15) is 11.3 Å². The topological polar surface area (TPSA) is 49.2 Å². The summed E-state index contributed by atoms with van der Waals surface area (Å²) in [6.45, 7) is 1.89. The molecule has 5 aromatic rings. The molecule has 0 radical (unpaired) electrons. The number of ether oxygens (including phenoxy) is 2. The van der Waals surface area contributed by atoms with Crippen LogP contribution in [0, 0.1) is 0 Å². The molecule has 0 unspecified atom stereocenters. The number of benzene rings is 3. The van der Waals surface area contributed by atoms with E-state index in [1.807, 2.05) is 54.6 Å². The molecule has 0 bridgehead atoms. The molecular formula is C24H21N3O2. The van der Waals surface area contributed by atoms with Gasteiger partial charge in [-0.3, -0.25) is 0 Å². The van der Waals surface area contributed by atoms with Crippen molar-refractivity contribution in [3.63, 3.8) is 0 Å². The van der Waals surface area contributed by atoms with Gasteiger partial charge in [-0.15, -0.1) is 0 Å². The zero-order chi connectivity index (χ0) is 19.6. The lowest BCUT2D eigenvalue weighted by Crippen LogP contribution is -2.07. The summed E-state index contributed by atoms with van der Waals surface area (Å²) < 4.78 is 13.6. The van der Waals surface area contributed by atoms with Crippen LogP contribution in [0.2, 0.25) is 0 Å². The van der Waals surface area contributed by atoms with Gasteiger partial charge < -0.3 is 14.0 Å². The Morgan fingerprint density at radius 3 is 2.41 bits per heavy atom. The van der Waals surface area contributed by atoms with Gasteiger partial charge in [-0.2, -0.15) is 0 Å². The molecule has 0 aliphatic heterocycles. The largest absolute Gasteiger partial charge is 0.497 e. The highest BCUT2D eigenvalue weighted by molar-refractivity contribution is 6.06. The summed E-state index contributed by atoms with van der Waals surface area (Å²) in [5.41, 5.74) is 5.80. The monoisotopic (exact) mass is 383 g/mol. The Morgan fingerprint density at radius 2 is 1.62 bits per heavy atom.